The third kappa shape index (κ3) is 6.40. The minimum absolute atomic E-state index is 0.0410. The second kappa shape index (κ2) is 10.2. The van der Waals surface area contributed by atoms with Gasteiger partial charge in [-0.2, -0.15) is 13.2 Å². The van der Waals surface area contributed by atoms with E-state index < -0.39 is 59.1 Å². The summed E-state index contributed by atoms with van der Waals surface area (Å²) >= 11 is 0. The Kier molecular flexibility index (Phi) is 8.41. The lowest BCUT2D eigenvalue weighted by atomic mass is 9.86. The van der Waals surface area contributed by atoms with Gasteiger partial charge in [0.25, 0.3) is 5.69 Å². The maximum atomic E-state index is 13.9. The third-order valence-electron chi connectivity index (χ3n) is 6.89. The van der Waals surface area contributed by atoms with Gasteiger partial charge in [-0.1, -0.05) is 41.5 Å². The van der Waals surface area contributed by atoms with Crippen LogP contribution in [0.3, 0.4) is 0 Å². The summed E-state index contributed by atoms with van der Waals surface area (Å²) < 4.78 is 54.4. The highest BCUT2D eigenvalue weighted by Crippen LogP contribution is 2.42. The van der Waals surface area contributed by atoms with Crippen molar-refractivity contribution in [2.75, 3.05) is 13.2 Å². The number of carbonyl (C=O) groups is 1. The van der Waals surface area contributed by atoms with E-state index in [4.69, 9.17) is 9.16 Å². The fourth-order valence-electron chi connectivity index (χ4n) is 3.63. The number of esters is 1. The number of pyridine rings is 1. The van der Waals surface area contributed by atoms with Crippen molar-refractivity contribution in [2.45, 2.75) is 78.8 Å². The van der Waals surface area contributed by atoms with Crippen LogP contribution in [0.15, 0.2) is 23.1 Å². The van der Waals surface area contributed by atoms with Gasteiger partial charge in [-0.15, -0.1) is 0 Å². The number of benzene rings is 1. The van der Waals surface area contributed by atoms with Crippen LogP contribution < -0.4 is 5.43 Å². The Balaban J connectivity index is 2.99. The quantitative estimate of drug-likeness (QED) is 0.166. The highest BCUT2D eigenvalue weighted by molar-refractivity contribution is 6.74. The normalized spacial score (nSPS) is 14.1. The van der Waals surface area contributed by atoms with E-state index in [-0.39, 0.29) is 29.2 Å². The lowest BCUT2D eigenvalue weighted by molar-refractivity contribution is -0.387. The SMILES string of the molecule is CCOC(=O)c1cn(C(CO[Si](C)(C)C(C)(C)C)C(C)(C)C)c2cc(C(F)(F)F)c([N+](=O)[O-])cc2c1=O. The number of alkyl halides is 3. The van der Waals surface area contributed by atoms with Crippen LogP contribution in [-0.4, -0.2) is 37.0 Å². The molecule has 1 atom stereocenters. The predicted molar refractivity (Wildman–Crippen MR) is 137 cm³/mol. The standard InChI is InChI=1S/C25H35F3N2O6Si/c1-10-35-22(32)16-13-29(20(23(2,3)4)14-36-37(8,9)24(5,6)7)18-12-17(25(26,27)28)19(30(33)34)11-15(18)21(16)31/h11-13,20H,10,14H2,1-9H3. The molecular formula is C25H35F3N2O6Si. The molecule has 206 valence electrons. The lowest BCUT2D eigenvalue weighted by Crippen LogP contribution is -2.43. The van der Waals surface area contributed by atoms with Crippen LogP contribution in [0.25, 0.3) is 10.9 Å². The molecule has 1 unspecified atom stereocenters. The summed E-state index contributed by atoms with van der Waals surface area (Å²) in [5.41, 5.74) is -4.93. The van der Waals surface area contributed by atoms with Crippen molar-refractivity contribution in [1.29, 1.82) is 0 Å². The Morgan fingerprint density at radius 1 is 1.14 bits per heavy atom. The Morgan fingerprint density at radius 3 is 2.14 bits per heavy atom. The summed E-state index contributed by atoms with van der Waals surface area (Å²) in [4.78, 5) is 36.2. The van der Waals surface area contributed by atoms with Crippen molar-refractivity contribution in [2.24, 2.45) is 5.41 Å². The molecule has 37 heavy (non-hydrogen) atoms. The molecule has 0 aliphatic carbocycles. The first-order valence-electron chi connectivity index (χ1n) is 11.9. The number of carbonyl (C=O) groups excluding carboxylic acids is 1. The molecule has 0 aliphatic rings. The summed E-state index contributed by atoms with van der Waals surface area (Å²) in [7, 11) is -2.31. The van der Waals surface area contributed by atoms with E-state index in [1.54, 1.807) is 6.92 Å². The van der Waals surface area contributed by atoms with Crippen LogP contribution >= 0.6 is 0 Å². The van der Waals surface area contributed by atoms with E-state index in [9.17, 15) is 32.9 Å². The van der Waals surface area contributed by atoms with Crippen molar-refractivity contribution in [3.05, 3.63) is 49.8 Å². The van der Waals surface area contributed by atoms with E-state index in [0.717, 1.165) is 0 Å². The Morgan fingerprint density at radius 2 is 1.70 bits per heavy atom. The molecule has 2 rings (SSSR count). The van der Waals surface area contributed by atoms with E-state index in [1.807, 2.05) is 54.6 Å². The maximum Gasteiger partial charge on any atom is 0.423 e. The van der Waals surface area contributed by atoms with Crippen molar-refractivity contribution >= 4 is 30.9 Å². The third-order valence-corrected chi connectivity index (χ3v) is 11.4. The summed E-state index contributed by atoms with van der Waals surface area (Å²) in [6.07, 6.45) is -3.87. The molecule has 0 saturated heterocycles. The summed E-state index contributed by atoms with van der Waals surface area (Å²) in [5.74, 6) is -0.969. The first-order chi connectivity index (χ1) is 16.6. The van der Waals surface area contributed by atoms with Gasteiger partial charge in [0.1, 0.15) is 11.1 Å². The fourth-order valence-corrected chi connectivity index (χ4v) is 4.63. The molecule has 0 N–H and O–H groups in total. The molecule has 1 aromatic carbocycles. The molecular weight excluding hydrogens is 509 g/mol. The number of fused-ring (bicyclic) bond motifs is 1. The number of hydrogen-bond donors (Lipinski definition) is 0. The van der Waals surface area contributed by atoms with Crippen LogP contribution in [0.4, 0.5) is 18.9 Å². The van der Waals surface area contributed by atoms with Crippen LogP contribution in [-0.2, 0) is 15.3 Å². The monoisotopic (exact) mass is 544 g/mol. The average Bonchev–Trinajstić information content (AvgIpc) is 2.72. The second-order valence-electron chi connectivity index (χ2n) is 11.6. The van der Waals surface area contributed by atoms with Gasteiger partial charge in [-0.05, 0) is 36.5 Å². The molecule has 0 fully saturated rings. The van der Waals surface area contributed by atoms with Gasteiger partial charge in [-0.3, -0.25) is 14.9 Å². The van der Waals surface area contributed by atoms with E-state index in [2.05, 4.69) is 0 Å². The average molecular weight is 545 g/mol. The molecule has 0 radical (unpaired) electrons. The summed E-state index contributed by atoms with van der Waals surface area (Å²) in [6.45, 7) is 17.4. The maximum absolute atomic E-state index is 13.9. The molecule has 0 spiro atoms. The summed E-state index contributed by atoms with van der Waals surface area (Å²) in [5, 5.41) is 11.0. The number of nitro groups is 1. The van der Waals surface area contributed by atoms with E-state index in [0.29, 0.717) is 12.1 Å². The number of aromatic nitrogens is 1. The largest absolute Gasteiger partial charge is 0.462 e. The zero-order chi connectivity index (χ0) is 28.7. The number of nitrogens with zero attached hydrogens (tertiary/aromatic N) is 2. The Bertz CT molecular complexity index is 1260. The van der Waals surface area contributed by atoms with Gasteiger partial charge in [0.2, 0.25) is 5.43 Å². The van der Waals surface area contributed by atoms with Crippen molar-refractivity contribution in [3.63, 3.8) is 0 Å². The van der Waals surface area contributed by atoms with Gasteiger partial charge < -0.3 is 13.7 Å². The molecule has 1 aromatic heterocycles. The predicted octanol–water partition coefficient (Wildman–Crippen LogP) is 6.71. The second-order valence-corrected chi connectivity index (χ2v) is 16.4. The zero-order valence-corrected chi connectivity index (χ0v) is 23.7. The van der Waals surface area contributed by atoms with Gasteiger partial charge >= 0.3 is 12.1 Å². The smallest absolute Gasteiger partial charge is 0.423 e. The van der Waals surface area contributed by atoms with E-state index in [1.165, 1.54) is 10.8 Å². The van der Waals surface area contributed by atoms with Crippen LogP contribution in [0, 0.1) is 15.5 Å². The fraction of sp³-hybridized carbons (Fsp3) is 0.600. The molecule has 1 heterocycles. The van der Waals surface area contributed by atoms with Gasteiger partial charge in [-0.25, -0.2) is 4.79 Å². The highest BCUT2D eigenvalue weighted by Gasteiger charge is 2.41. The first-order valence-corrected chi connectivity index (χ1v) is 14.8. The number of rotatable bonds is 7. The molecule has 8 nitrogen and oxygen atoms in total. The van der Waals surface area contributed by atoms with Crippen LogP contribution in [0.2, 0.25) is 18.1 Å². The van der Waals surface area contributed by atoms with Crippen LogP contribution in [0.5, 0.6) is 0 Å². The zero-order valence-electron chi connectivity index (χ0n) is 22.7. The van der Waals surface area contributed by atoms with Gasteiger partial charge in [0.05, 0.1) is 35.1 Å². The number of ether oxygens (including phenoxy) is 1. The van der Waals surface area contributed by atoms with Gasteiger partial charge in [0, 0.05) is 12.3 Å². The highest BCUT2D eigenvalue weighted by atomic mass is 28.4. The Labute approximate surface area is 215 Å². The molecule has 2 aromatic rings. The molecule has 0 saturated carbocycles. The van der Waals surface area contributed by atoms with Crippen molar-refractivity contribution in [1.82, 2.24) is 4.57 Å². The lowest BCUT2D eigenvalue weighted by Gasteiger charge is -2.40. The topological polar surface area (TPSA) is 101 Å². The number of halogens is 3. The molecule has 0 bridgehead atoms. The minimum Gasteiger partial charge on any atom is -0.462 e. The minimum atomic E-state index is -5.05. The van der Waals surface area contributed by atoms with Crippen molar-refractivity contribution in [3.8, 4) is 0 Å². The Hall–Kier alpha value is -2.73. The molecule has 12 heteroatoms. The van der Waals surface area contributed by atoms with E-state index >= 15 is 0 Å². The number of nitro benzene ring substituents is 1. The number of hydrogen-bond acceptors (Lipinski definition) is 6. The van der Waals surface area contributed by atoms with Gasteiger partial charge in [0.15, 0.2) is 8.32 Å². The van der Waals surface area contributed by atoms with Crippen molar-refractivity contribution < 1.29 is 32.1 Å². The molecule has 0 amide bonds. The van der Waals surface area contributed by atoms with Crippen LogP contribution in [0.1, 0.15) is 70.4 Å². The first kappa shape index (κ1) is 30.5. The summed E-state index contributed by atoms with van der Waals surface area (Å²) in [6, 6.07) is 0.559. The molecule has 0 aliphatic heterocycles.